The number of nitrogens with zero attached hydrogens (tertiary/aromatic N) is 4. The summed E-state index contributed by atoms with van der Waals surface area (Å²) >= 11 is 5.97. The maximum Gasteiger partial charge on any atom is 0.224 e. The molecule has 0 radical (unpaired) electrons. The standard InChI is InChI=1S/C13H21ClN4/c1-4-11-9-17(3)6-5-7-18(11)12-8-10(2)15-13(14)16-12/h8,11H,4-7,9H2,1-3H3. The molecule has 1 atom stereocenters. The second-order valence-corrected chi connectivity index (χ2v) is 5.35. The Bertz CT molecular complexity index is 390. The Hall–Kier alpha value is -0.870. The first kappa shape index (κ1) is 13.6. The first-order valence-corrected chi connectivity index (χ1v) is 6.94. The average Bonchev–Trinajstić information content (AvgIpc) is 2.49. The lowest BCUT2D eigenvalue weighted by atomic mass is 10.2. The molecule has 1 fully saturated rings. The third kappa shape index (κ3) is 3.12. The van der Waals surface area contributed by atoms with Gasteiger partial charge in [0.15, 0.2) is 0 Å². The third-order valence-electron chi connectivity index (χ3n) is 3.48. The molecular formula is C13H21ClN4. The molecule has 2 rings (SSSR count). The number of likely N-dealkylation sites (N-methyl/N-ethyl adjacent to an activating group) is 1. The number of halogens is 1. The van der Waals surface area contributed by atoms with Gasteiger partial charge < -0.3 is 9.80 Å². The lowest BCUT2D eigenvalue weighted by Gasteiger charge is -2.31. The van der Waals surface area contributed by atoms with Crippen molar-refractivity contribution < 1.29 is 0 Å². The molecule has 2 heterocycles. The molecule has 0 bridgehead atoms. The molecular weight excluding hydrogens is 248 g/mol. The number of rotatable bonds is 2. The molecule has 0 spiro atoms. The number of hydrogen-bond donors (Lipinski definition) is 0. The lowest BCUT2D eigenvalue weighted by Crippen LogP contribution is -2.40. The predicted octanol–water partition coefficient (Wildman–Crippen LogP) is 2.36. The maximum absolute atomic E-state index is 5.97. The monoisotopic (exact) mass is 268 g/mol. The van der Waals surface area contributed by atoms with E-state index in [4.69, 9.17) is 11.6 Å². The van der Waals surface area contributed by atoms with Crippen LogP contribution in [0.1, 0.15) is 25.5 Å². The van der Waals surface area contributed by atoms with E-state index in [0.717, 1.165) is 44.0 Å². The third-order valence-corrected chi connectivity index (χ3v) is 3.65. The summed E-state index contributed by atoms with van der Waals surface area (Å²) in [5.41, 5.74) is 0.928. The molecule has 100 valence electrons. The summed E-state index contributed by atoms with van der Waals surface area (Å²) in [5, 5.41) is 0.345. The van der Waals surface area contributed by atoms with Crippen molar-refractivity contribution in [3.05, 3.63) is 17.0 Å². The zero-order valence-corrected chi connectivity index (χ0v) is 12.1. The van der Waals surface area contributed by atoms with Crippen LogP contribution in [0, 0.1) is 6.92 Å². The molecule has 1 aromatic heterocycles. The predicted molar refractivity (Wildman–Crippen MR) is 75.3 cm³/mol. The summed E-state index contributed by atoms with van der Waals surface area (Å²) in [4.78, 5) is 13.3. The molecule has 0 saturated carbocycles. The Morgan fingerprint density at radius 3 is 2.83 bits per heavy atom. The van der Waals surface area contributed by atoms with E-state index in [2.05, 4.69) is 33.7 Å². The van der Waals surface area contributed by atoms with Crippen LogP contribution in [-0.2, 0) is 0 Å². The van der Waals surface area contributed by atoms with Gasteiger partial charge in [-0.15, -0.1) is 0 Å². The number of anilines is 1. The van der Waals surface area contributed by atoms with Gasteiger partial charge in [-0.1, -0.05) is 6.92 Å². The second-order valence-electron chi connectivity index (χ2n) is 5.01. The summed E-state index contributed by atoms with van der Waals surface area (Å²) < 4.78 is 0. The first-order chi connectivity index (χ1) is 8.60. The molecule has 0 aliphatic carbocycles. The van der Waals surface area contributed by atoms with Crippen LogP contribution in [0.4, 0.5) is 5.82 Å². The maximum atomic E-state index is 5.97. The Morgan fingerprint density at radius 1 is 1.39 bits per heavy atom. The van der Waals surface area contributed by atoms with Crippen molar-refractivity contribution in [2.75, 3.05) is 31.6 Å². The minimum Gasteiger partial charge on any atom is -0.352 e. The fourth-order valence-electron chi connectivity index (χ4n) is 2.56. The molecule has 0 N–H and O–H groups in total. The van der Waals surface area contributed by atoms with Crippen LogP contribution in [0.25, 0.3) is 0 Å². The summed E-state index contributed by atoms with van der Waals surface area (Å²) in [7, 11) is 2.18. The zero-order chi connectivity index (χ0) is 13.1. The minimum absolute atomic E-state index is 0.345. The zero-order valence-electron chi connectivity index (χ0n) is 11.4. The van der Waals surface area contributed by atoms with E-state index in [1.165, 1.54) is 0 Å². The summed E-state index contributed by atoms with van der Waals surface area (Å²) in [6.07, 6.45) is 2.28. The summed E-state index contributed by atoms with van der Waals surface area (Å²) in [6, 6.07) is 2.53. The van der Waals surface area contributed by atoms with Gasteiger partial charge in [0.05, 0.1) is 0 Å². The van der Waals surface area contributed by atoms with E-state index >= 15 is 0 Å². The van der Waals surface area contributed by atoms with Crippen molar-refractivity contribution >= 4 is 17.4 Å². The smallest absolute Gasteiger partial charge is 0.224 e. The normalized spacial score (nSPS) is 22.0. The van der Waals surface area contributed by atoms with Gasteiger partial charge in [-0.3, -0.25) is 0 Å². The number of aryl methyl sites for hydroxylation is 1. The lowest BCUT2D eigenvalue weighted by molar-refractivity contribution is 0.327. The quantitative estimate of drug-likeness (QED) is 0.771. The molecule has 1 saturated heterocycles. The van der Waals surface area contributed by atoms with Crippen LogP contribution in [0.2, 0.25) is 5.28 Å². The van der Waals surface area contributed by atoms with Crippen molar-refractivity contribution in [1.29, 1.82) is 0 Å². The molecule has 18 heavy (non-hydrogen) atoms. The van der Waals surface area contributed by atoms with Gasteiger partial charge in [0.2, 0.25) is 5.28 Å². The average molecular weight is 269 g/mol. The van der Waals surface area contributed by atoms with E-state index < -0.39 is 0 Å². The molecule has 1 aliphatic heterocycles. The van der Waals surface area contributed by atoms with E-state index in [9.17, 15) is 0 Å². The van der Waals surface area contributed by atoms with Crippen molar-refractivity contribution in [3.8, 4) is 0 Å². The molecule has 1 aromatic rings. The highest BCUT2D eigenvalue weighted by Crippen LogP contribution is 2.21. The van der Waals surface area contributed by atoms with Crippen LogP contribution >= 0.6 is 11.6 Å². The fraction of sp³-hybridized carbons (Fsp3) is 0.692. The highest BCUT2D eigenvalue weighted by molar-refractivity contribution is 6.28. The Balaban J connectivity index is 2.28. The van der Waals surface area contributed by atoms with Crippen molar-refractivity contribution in [2.24, 2.45) is 0 Å². The summed E-state index contributed by atoms with van der Waals surface area (Å²) in [5.74, 6) is 0.967. The summed E-state index contributed by atoms with van der Waals surface area (Å²) in [6.45, 7) is 7.45. The Morgan fingerprint density at radius 2 is 2.17 bits per heavy atom. The molecule has 1 unspecified atom stereocenters. The largest absolute Gasteiger partial charge is 0.352 e. The van der Waals surface area contributed by atoms with E-state index in [1.807, 2.05) is 13.0 Å². The molecule has 5 heteroatoms. The van der Waals surface area contributed by atoms with Gasteiger partial charge in [-0.05, 0) is 45.0 Å². The van der Waals surface area contributed by atoms with Crippen LogP contribution < -0.4 is 4.90 Å². The molecule has 1 aliphatic rings. The van der Waals surface area contributed by atoms with Crippen LogP contribution in [0.5, 0.6) is 0 Å². The Kier molecular flexibility index (Phi) is 4.40. The Labute approximate surface area is 114 Å². The van der Waals surface area contributed by atoms with Gasteiger partial charge >= 0.3 is 0 Å². The van der Waals surface area contributed by atoms with Crippen molar-refractivity contribution in [3.63, 3.8) is 0 Å². The van der Waals surface area contributed by atoms with E-state index in [1.54, 1.807) is 0 Å². The topological polar surface area (TPSA) is 32.3 Å². The highest BCUT2D eigenvalue weighted by Gasteiger charge is 2.23. The van der Waals surface area contributed by atoms with E-state index in [0.29, 0.717) is 11.3 Å². The van der Waals surface area contributed by atoms with Gasteiger partial charge in [0.25, 0.3) is 0 Å². The highest BCUT2D eigenvalue weighted by atomic mass is 35.5. The number of aromatic nitrogens is 2. The van der Waals surface area contributed by atoms with Crippen molar-refractivity contribution in [2.45, 2.75) is 32.7 Å². The first-order valence-electron chi connectivity index (χ1n) is 6.56. The van der Waals surface area contributed by atoms with Crippen LogP contribution in [-0.4, -0.2) is 47.6 Å². The van der Waals surface area contributed by atoms with E-state index in [-0.39, 0.29) is 0 Å². The van der Waals surface area contributed by atoms with Crippen molar-refractivity contribution in [1.82, 2.24) is 14.9 Å². The van der Waals surface area contributed by atoms with Gasteiger partial charge in [-0.2, -0.15) is 0 Å². The minimum atomic E-state index is 0.345. The molecule has 0 aromatic carbocycles. The van der Waals surface area contributed by atoms with Crippen LogP contribution in [0.15, 0.2) is 6.07 Å². The second kappa shape index (κ2) is 5.85. The fourth-order valence-corrected chi connectivity index (χ4v) is 2.78. The SMILES string of the molecule is CCC1CN(C)CCCN1c1cc(C)nc(Cl)n1. The van der Waals surface area contributed by atoms with Gasteiger partial charge in [-0.25, -0.2) is 9.97 Å². The van der Waals surface area contributed by atoms with Gasteiger partial charge in [0.1, 0.15) is 5.82 Å². The van der Waals surface area contributed by atoms with Crippen LogP contribution in [0.3, 0.4) is 0 Å². The molecule has 0 amide bonds. The van der Waals surface area contributed by atoms with Gasteiger partial charge in [0, 0.05) is 30.9 Å². The number of hydrogen-bond acceptors (Lipinski definition) is 4. The molecule has 4 nitrogen and oxygen atoms in total.